The van der Waals surface area contributed by atoms with Crippen molar-refractivity contribution in [2.75, 3.05) is 49.1 Å². The van der Waals surface area contributed by atoms with Crippen LogP contribution < -0.4 is 15.2 Å². The van der Waals surface area contributed by atoms with Gasteiger partial charge in [0.15, 0.2) is 18.2 Å². The van der Waals surface area contributed by atoms with Crippen molar-refractivity contribution in [3.8, 4) is 0 Å². The lowest BCUT2D eigenvalue weighted by Gasteiger charge is -2.25. The molecule has 184 valence electrons. The molecule has 11 nitrogen and oxygen atoms in total. The van der Waals surface area contributed by atoms with Gasteiger partial charge in [-0.3, -0.25) is 4.90 Å². The number of aromatic nitrogens is 3. The highest BCUT2D eigenvalue weighted by molar-refractivity contribution is 5.90. The maximum atomic E-state index is 15.0. The average molecular weight is 487 g/mol. The number of alkyl halides is 2. The van der Waals surface area contributed by atoms with Crippen LogP contribution in [0.3, 0.4) is 0 Å². The molecule has 1 atom stereocenters. The zero-order valence-corrected chi connectivity index (χ0v) is 17.7. The van der Waals surface area contributed by atoms with Crippen LogP contribution in [0.5, 0.6) is 0 Å². The summed E-state index contributed by atoms with van der Waals surface area (Å²) in [6.07, 6.45) is -2.06. The summed E-state index contributed by atoms with van der Waals surface area (Å²) in [5, 5.41) is 8.44. The first-order valence-electron chi connectivity index (χ1n) is 10.3. The van der Waals surface area contributed by atoms with E-state index in [-0.39, 0.29) is 50.6 Å². The maximum absolute atomic E-state index is 15.0. The predicted molar refractivity (Wildman–Crippen MR) is 108 cm³/mol. The van der Waals surface area contributed by atoms with E-state index in [2.05, 4.69) is 20.5 Å². The van der Waals surface area contributed by atoms with Gasteiger partial charge >= 0.3 is 12.2 Å². The van der Waals surface area contributed by atoms with E-state index in [0.717, 1.165) is 22.0 Å². The fourth-order valence-corrected chi connectivity index (χ4v) is 3.70. The molecule has 2 saturated heterocycles. The van der Waals surface area contributed by atoms with Crippen LogP contribution in [0.4, 0.5) is 38.5 Å². The fraction of sp³-hybridized carbons (Fsp3) is 0.474. The number of carbonyl (C=O) groups excluding carboxylic acids is 2. The number of hydrogen-bond acceptors (Lipinski definition) is 8. The Hall–Kier alpha value is -3.62. The molecule has 1 N–H and O–H groups in total. The molecule has 0 unspecified atom stereocenters. The zero-order valence-electron chi connectivity index (χ0n) is 17.7. The molecule has 2 aromatic rings. The normalized spacial score (nSPS) is 18.9. The summed E-state index contributed by atoms with van der Waals surface area (Å²) in [5.74, 6) is -1.81. The lowest BCUT2D eigenvalue weighted by Crippen LogP contribution is -2.44. The van der Waals surface area contributed by atoms with Crippen molar-refractivity contribution >= 4 is 23.6 Å². The Morgan fingerprint density at radius 3 is 2.68 bits per heavy atom. The van der Waals surface area contributed by atoms with E-state index in [1.807, 2.05) is 0 Å². The highest BCUT2D eigenvalue weighted by Gasteiger charge is 2.34. The molecule has 0 aliphatic carbocycles. The van der Waals surface area contributed by atoms with E-state index in [9.17, 15) is 27.2 Å². The van der Waals surface area contributed by atoms with Crippen LogP contribution >= 0.6 is 0 Å². The van der Waals surface area contributed by atoms with Gasteiger partial charge in [-0.2, -0.15) is 0 Å². The first kappa shape index (κ1) is 23.5. The Balaban J connectivity index is 1.42. The van der Waals surface area contributed by atoms with Gasteiger partial charge in [-0.25, -0.2) is 42.3 Å². The summed E-state index contributed by atoms with van der Waals surface area (Å²) < 4.78 is 65.6. The first-order chi connectivity index (χ1) is 16.3. The summed E-state index contributed by atoms with van der Waals surface area (Å²) in [5.41, 5.74) is 2.34. The highest BCUT2D eigenvalue weighted by Crippen LogP contribution is 2.31. The van der Waals surface area contributed by atoms with Crippen molar-refractivity contribution < 1.29 is 36.6 Å². The molecule has 4 rings (SSSR count). The van der Waals surface area contributed by atoms with Crippen LogP contribution in [0.25, 0.3) is 0 Å². The van der Waals surface area contributed by atoms with Gasteiger partial charge in [-0.15, -0.1) is 5.10 Å². The molecule has 0 saturated carbocycles. The molecule has 0 bridgehead atoms. The van der Waals surface area contributed by atoms with Gasteiger partial charge in [0, 0.05) is 38.0 Å². The van der Waals surface area contributed by atoms with Crippen molar-refractivity contribution in [2.45, 2.75) is 19.1 Å². The second-order valence-corrected chi connectivity index (χ2v) is 7.51. The van der Waals surface area contributed by atoms with Gasteiger partial charge in [-0.05, 0) is 0 Å². The van der Waals surface area contributed by atoms with Gasteiger partial charge in [0.25, 0.3) is 6.43 Å². The lowest BCUT2D eigenvalue weighted by molar-refractivity contribution is 0.0254. The molecule has 3 heterocycles. The summed E-state index contributed by atoms with van der Waals surface area (Å²) in [4.78, 5) is 26.6. The van der Waals surface area contributed by atoms with Crippen molar-refractivity contribution in [1.82, 2.24) is 25.4 Å². The number of rotatable bonds is 6. The molecular weight excluding hydrogens is 466 g/mol. The van der Waals surface area contributed by atoms with Crippen LogP contribution in [0, 0.1) is 11.6 Å². The van der Waals surface area contributed by atoms with E-state index < -0.39 is 43.0 Å². The number of benzene rings is 1. The third-order valence-electron chi connectivity index (χ3n) is 5.20. The summed E-state index contributed by atoms with van der Waals surface area (Å²) in [6.45, 7) is -0.572. The number of hydrogen-bond donors (Lipinski definition) is 1. The molecule has 0 radical (unpaired) electrons. The first-order valence-corrected chi connectivity index (χ1v) is 10.3. The minimum Gasteiger partial charge on any atom is -0.442 e. The van der Waals surface area contributed by atoms with E-state index >= 15 is 0 Å². The Bertz CT molecular complexity index is 1000. The minimum atomic E-state index is -2.81. The molecule has 2 aliphatic rings. The Morgan fingerprint density at radius 1 is 1.24 bits per heavy atom. The predicted octanol–water partition coefficient (Wildman–Crippen LogP) is 1.61. The monoisotopic (exact) mass is 487 g/mol. The van der Waals surface area contributed by atoms with E-state index in [1.165, 1.54) is 15.8 Å². The maximum Gasteiger partial charge on any atom is 0.424 e. The van der Waals surface area contributed by atoms with Crippen LogP contribution in [0.1, 0.15) is 0 Å². The van der Waals surface area contributed by atoms with Crippen LogP contribution in [0.2, 0.25) is 0 Å². The molecule has 2 aliphatic heterocycles. The quantitative estimate of drug-likeness (QED) is 0.613. The SMILES string of the molecule is O=C(OCC(F)F)N1CCN(c2c(F)cc(N3C[C@H](Cn4ccnn4)OC3=O)cc2F)CCN1. The van der Waals surface area contributed by atoms with Gasteiger partial charge in [0.1, 0.15) is 11.8 Å². The van der Waals surface area contributed by atoms with Gasteiger partial charge < -0.3 is 14.4 Å². The molecule has 0 spiro atoms. The van der Waals surface area contributed by atoms with E-state index in [1.54, 1.807) is 6.20 Å². The summed E-state index contributed by atoms with van der Waals surface area (Å²) in [6, 6.07) is 2.06. The molecule has 1 aromatic heterocycles. The topological polar surface area (TPSA) is 105 Å². The van der Waals surface area contributed by atoms with Gasteiger partial charge in [0.05, 0.1) is 31.5 Å². The number of nitrogens with one attached hydrogen (secondary N) is 1. The van der Waals surface area contributed by atoms with E-state index in [0.29, 0.717) is 0 Å². The average Bonchev–Trinajstić information content (AvgIpc) is 3.35. The molecule has 15 heteroatoms. The Labute approximate surface area is 190 Å². The van der Waals surface area contributed by atoms with Crippen LogP contribution in [0.15, 0.2) is 24.5 Å². The molecular formula is C19H21F4N7O4. The number of halogens is 4. The second-order valence-electron chi connectivity index (χ2n) is 7.51. The van der Waals surface area contributed by atoms with Crippen LogP contribution in [-0.4, -0.2) is 84.0 Å². The third-order valence-corrected chi connectivity index (χ3v) is 5.20. The number of carbonyl (C=O) groups is 2. The molecule has 1 aromatic carbocycles. The fourth-order valence-electron chi connectivity index (χ4n) is 3.70. The van der Waals surface area contributed by atoms with Gasteiger partial charge in [0.2, 0.25) is 0 Å². The number of cyclic esters (lactones) is 1. The zero-order chi connectivity index (χ0) is 24.2. The van der Waals surface area contributed by atoms with Gasteiger partial charge in [-0.1, -0.05) is 5.21 Å². The minimum absolute atomic E-state index is 0.00464. The number of ether oxygens (including phenoxy) is 2. The Morgan fingerprint density at radius 2 is 2.00 bits per heavy atom. The molecule has 2 fully saturated rings. The number of amides is 2. The lowest BCUT2D eigenvalue weighted by atomic mass is 10.2. The summed E-state index contributed by atoms with van der Waals surface area (Å²) in [7, 11) is 0. The molecule has 34 heavy (non-hydrogen) atoms. The molecule has 2 amide bonds. The number of anilines is 2. The smallest absolute Gasteiger partial charge is 0.424 e. The third kappa shape index (κ3) is 5.30. The van der Waals surface area contributed by atoms with Crippen molar-refractivity contribution in [3.05, 3.63) is 36.2 Å². The van der Waals surface area contributed by atoms with E-state index in [4.69, 9.17) is 4.74 Å². The standard InChI is InChI=1S/C19H21F4N7O4/c20-14-7-12(29-10-13(34-18(29)31)9-28-4-1-24-26-28)8-15(21)17(14)27-3-2-25-30(6-5-27)19(32)33-11-16(22)23/h1,4,7-8,13,16,25H,2-3,5-6,9-11H2/t13-/m0/s1. The highest BCUT2D eigenvalue weighted by atomic mass is 19.3. The summed E-state index contributed by atoms with van der Waals surface area (Å²) >= 11 is 0. The second kappa shape index (κ2) is 10.1. The largest absolute Gasteiger partial charge is 0.442 e. The number of hydrazine groups is 1. The Kier molecular flexibility index (Phi) is 7.00. The van der Waals surface area contributed by atoms with Crippen LogP contribution in [-0.2, 0) is 16.0 Å². The van der Waals surface area contributed by atoms with Crippen molar-refractivity contribution in [1.29, 1.82) is 0 Å². The van der Waals surface area contributed by atoms with Crippen molar-refractivity contribution in [3.63, 3.8) is 0 Å². The number of nitrogens with zero attached hydrogens (tertiary/aromatic N) is 6. The van der Waals surface area contributed by atoms with Crippen molar-refractivity contribution in [2.24, 2.45) is 0 Å².